The fraction of sp³-hybridized carbons (Fsp3) is 0.278. The first-order valence-electron chi connectivity index (χ1n) is 8.29. The minimum atomic E-state index is -3.80. The second-order valence-electron chi connectivity index (χ2n) is 6.26. The lowest BCUT2D eigenvalue weighted by atomic mass is 10.1. The Bertz CT molecular complexity index is 896. The molecule has 1 fully saturated rings. The molecule has 0 radical (unpaired) electrons. The highest BCUT2D eigenvalue weighted by Crippen LogP contribution is 2.32. The van der Waals surface area contributed by atoms with Crippen molar-refractivity contribution in [2.45, 2.75) is 23.8 Å². The summed E-state index contributed by atoms with van der Waals surface area (Å²) >= 11 is 5.99. The fourth-order valence-electron chi connectivity index (χ4n) is 2.65. The van der Waals surface area contributed by atoms with Crippen LogP contribution in [0.15, 0.2) is 53.4 Å². The van der Waals surface area contributed by atoms with Crippen LogP contribution in [0.5, 0.6) is 0 Å². The third-order valence-electron chi connectivity index (χ3n) is 4.31. The Hall–Kier alpha value is -2.09. The molecule has 1 aliphatic carbocycles. The molecule has 4 N–H and O–H groups in total. The molecule has 1 amide bonds. The molecule has 138 valence electrons. The van der Waals surface area contributed by atoms with Crippen molar-refractivity contribution < 1.29 is 13.2 Å². The summed E-state index contributed by atoms with van der Waals surface area (Å²) < 4.78 is 27.4. The second kappa shape index (κ2) is 7.65. The van der Waals surface area contributed by atoms with E-state index in [4.69, 9.17) is 17.3 Å². The Kier molecular flexibility index (Phi) is 5.50. The zero-order valence-corrected chi connectivity index (χ0v) is 15.6. The van der Waals surface area contributed by atoms with Gasteiger partial charge in [0.1, 0.15) is 0 Å². The summed E-state index contributed by atoms with van der Waals surface area (Å²) in [5.74, 6) is 0.193. The molecule has 2 aromatic carbocycles. The molecule has 0 aromatic heterocycles. The van der Waals surface area contributed by atoms with Gasteiger partial charge in [-0.1, -0.05) is 23.7 Å². The van der Waals surface area contributed by atoms with Crippen LogP contribution in [0.2, 0.25) is 5.02 Å². The van der Waals surface area contributed by atoms with E-state index in [-0.39, 0.29) is 16.8 Å². The first kappa shape index (κ1) is 18.7. The van der Waals surface area contributed by atoms with Gasteiger partial charge >= 0.3 is 0 Å². The number of hydrogen-bond donors (Lipinski definition) is 3. The van der Waals surface area contributed by atoms with E-state index in [9.17, 15) is 13.2 Å². The van der Waals surface area contributed by atoms with Crippen LogP contribution in [-0.2, 0) is 10.0 Å². The predicted molar refractivity (Wildman–Crippen MR) is 102 cm³/mol. The van der Waals surface area contributed by atoms with Gasteiger partial charge in [-0.05, 0) is 55.2 Å². The smallest absolute Gasteiger partial charge is 0.261 e. The summed E-state index contributed by atoms with van der Waals surface area (Å²) in [5, 5.41) is 3.21. The zero-order chi connectivity index (χ0) is 18.7. The fourth-order valence-corrected chi connectivity index (χ4v) is 3.97. The van der Waals surface area contributed by atoms with Crippen molar-refractivity contribution in [1.29, 1.82) is 0 Å². The molecular formula is C18H20ClN3O3S. The molecule has 0 heterocycles. The average molecular weight is 394 g/mol. The number of carbonyl (C=O) groups is 1. The number of anilines is 1. The maximum Gasteiger partial charge on any atom is 0.261 e. The van der Waals surface area contributed by atoms with Gasteiger partial charge in [0, 0.05) is 18.2 Å². The first-order valence-corrected chi connectivity index (χ1v) is 10.1. The maximum atomic E-state index is 12.5. The van der Waals surface area contributed by atoms with Crippen LogP contribution in [0, 0.1) is 5.92 Å². The van der Waals surface area contributed by atoms with E-state index < -0.39 is 10.0 Å². The molecule has 0 saturated heterocycles. The van der Waals surface area contributed by atoms with Crippen LogP contribution in [0.3, 0.4) is 0 Å². The lowest BCUT2D eigenvalue weighted by Crippen LogP contribution is -2.41. The number of para-hydroxylation sites is 1. The van der Waals surface area contributed by atoms with Crippen LogP contribution in [-0.4, -0.2) is 26.9 Å². The van der Waals surface area contributed by atoms with Crippen molar-refractivity contribution in [1.82, 2.24) is 5.32 Å². The van der Waals surface area contributed by atoms with Crippen LogP contribution in [0.25, 0.3) is 0 Å². The molecule has 8 heteroatoms. The van der Waals surface area contributed by atoms with Crippen molar-refractivity contribution in [2.75, 3.05) is 11.3 Å². The monoisotopic (exact) mass is 393 g/mol. The van der Waals surface area contributed by atoms with Crippen molar-refractivity contribution in [3.05, 3.63) is 59.1 Å². The summed E-state index contributed by atoms with van der Waals surface area (Å²) in [4.78, 5) is 12.3. The molecule has 6 nitrogen and oxygen atoms in total. The Morgan fingerprint density at radius 2 is 1.81 bits per heavy atom. The standard InChI is InChI=1S/C18H20ClN3O3S/c19-15-3-1-2-4-16(15)22-26(24,25)14-9-7-13(8-10-14)18(23)21-17(11-20)12-5-6-12/h1-4,7-10,12,17,22H,5-6,11,20H2,(H,21,23). The second-order valence-corrected chi connectivity index (χ2v) is 8.35. The van der Waals surface area contributed by atoms with Gasteiger partial charge in [-0.25, -0.2) is 8.42 Å². The number of amides is 1. The van der Waals surface area contributed by atoms with Gasteiger partial charge in [0.2, 0.25) is 0 Å². The molecule has 1 atom stereocenters. The van der Waals surface area contributed by atoms with E-state index in [2.05, 4.69) is 10.0 Å². The molecule has 2 aromatic rings. The minimum Gasteiger partial charge on any atom is -0.348 e. The number of benzene rings is 2. The molecular weight excluding hydrogens is 374 g/mol. The van der Waals surface area contributed by atoms with E-state index in [1.807, 2.05) is 0 Å². The molecule has 1 saturated carbocycles. The first-order chi connectivity index (χ1) is 12.4. The molecule has 26 heavy (non-hydrogen) atoms. The number of nitrogens with two attached hydrogens (primary N) is 1. The van der Waals surface area contributed by atoms with Gasteiger partial charge in [-0.2, -0.15) is 0 Å². The number of nitrogens with one attached hydrogen (secondary N) is 2. The molecule has 0 spiro atoms. The molecule has 0 bridgehead atoms. The van der Waals surface area contributed by atoms with E-state index in [0.29, 0.717) is 28.7 Å². The van der Waals surface area contributed by atoms with Crippen molar-refractivity contribution >= 4 is 33.2 Å². The minimum absolute atomic E-state index is 0.0344. The van der Waals surface area contributed by atoms with Gasteiger partial charge in [0.15, 0.2) is 0 Å². The Morgan fingerprint density at radius 1 is 1.15 bits per heavy atom. The van der Waals surface area contributed by atoms with E-state index in [1.165, 1.54) is 24.3 Å². The van der Waals surface area contributed by atoms with E-state index in [1.54, 1.807) is 24.3 Å². The highest BCUT2D eigenvalue weighted by Gasteiger charge is 2.31. The van der Waals surface area contributed by atoms with Gasteiger partial charge in [0.05, 0.1) is 15.6 Å². The molecule has 1 aliphatic rings. The van der Waals surface area contributed by atoms with E-state index in [0.717, 1.165) is 12.8 Å². The summed E-state index contributed by atoms with van der Waals surface area (Å²) in [5.41, 5.74) is 6.38. The molecule has 3 rings (SSSR count). The third kappa shape index (κ3) is 4.35. The molecule has 1 unspecified atom stereocenters. The number of rotatable bonds is 7. The number of carbonyl (C=O) groups excluding carboxylic acids is 1. The normalized spacial score (nSPS) is 15.3. The van der Waals surface area contributed by atoms with Gasteiger partial charge < -0.3 is 11.1 Å². The van der Waals surface area contributed by atoms with Crippen LogP contribution in [0.4, 0.5) is 5.69 Å². The highest BCUT2D eigenvalue weighted by molar-refractivity contribution is 7.92. The lowest BCUT2D eigenvalue weighted by Gasteiger charge is -2.16. The van der Waals surface area contributed by atoms with Crippen LogP contribution in [0.1, 0.15) is 23.2 Å². The lowest BCUT2D eigenvalue weighted by molar-refractivity contribution is 0.0933. The average Bonchev–Trinajstić information content (AvgIpc) is 3.46. The largest absolute Gasteiger partial charge is 0.348 e. The summed E-state index contributed by atoms with van der Waals surface area (Å²) in [6, 6.07) is 12.3. The van der Waals surface area contributed by atoms with Crippen molar-refractivity contribution in [3.8, 4) is 0 Å². The van der Waals surface area contributed by atoms with E-state index >= 15 is 0 Å². The van der Waals surface area contributed by atoms with Gasteiger partial charge in [-0.3, -0.25) is 9.52 Å². The van der Waals surface area contributed by atoms with Crippen LogP contribution >= 0.6 is 11.6 Å². The summed E-state index contributed by atoms with van der Waals surface area (Å²) in [6.45, 7) is 0.393. The number of halogens is 1. The Labute approximate surface area is 157 Å². The highest BCUT2D eigenvalue weighted by atomic mass is 35.5. The summed E-state index contributed by atoms with van der Waals surface area (Å²) in [7, 11) is -3.80. The maximum absolute atomic E-state index is 12.5. The van der Waals surface area contributed by atoms with Crippen molar-refractivity contribution in [3.63, 3.8) is 0 Å². The number of hydrogen-bond acceptors (Lipinski definition) is 4. The quantitative estimate of drug-likeness (QED) is 0.672. The SMILES string of the molecule is NCC(NC(=O)c1ccc(S(=O)(=O)Nc2ccccc2Cl)cc1)C1CC1. The van der Waals surface area contributed by atoms with Gasteiger partial charge in [-0.15, -0.1) is 0 Å². The number of sulfonamides is 1. The van der Waals surface area contributed by atoms with Crippen molar-refractivity contribution in [2.24, 2.45) is 11.7 Å². The zero-order valence-electron chi connectivity index (χ0n) is 14.0. The van der Waals surface area contributed by atoms with Gasteiger partial charge in [0.25, 0.3) is 15.9 Å². The third-order valence-corrected chi connectivity index (χ3v) is 6.02. The summed E-state index contributed by atoms with van der Waals surface area (Å²) in [6.07, 6.45) is 2.15. The predicted octanol–water partition coefficient (Wildman–Crippen LogP) is 2.61. The topological polar surface area (TPSA) is 101 Å². The molecule has 0 aliphatic heterocycles. The Morgan fingerprint density at radius 3 is 2.38 bits per heavy atom. The Balaban J connectivity index is 1.72. The van der Waals surface area contributed by atoms with Crippen LogP contribution < -0.4 is 15.8 Å².